The Morgan fingerprint density at radius 3 is 1.93 bits per heavy atom. The molecule has 4 unspecified atom stereocenters. The first-order chi connectivity index (χ1) is 12.4. The molecule has 9 N–H and O–H groups in total. The predicted octanol–water partition coefficient (Wildman–Crippen LogP) is -3.60. The third-order valence-electron chi connectivity index (χ3n) is 3.49. The SMILES string of the molecule is CC(C)C(NC(=O)CNC(=O)C(NC(=O)C(N)CC(N)=O)C(C)O)C(=O)O. The molecule has 0 aromatic heterocycles. The molecule has 12 nitrogen and oxygen atoms in total. The first-order valence-corrected chi connectivity index (χ1v) is 8.19. The van der Waals surface area contributed by atoms with Gasteiger partial charge in [-0.05, 0) is 12.8 Å². The number of hydrogen-bond donors (Lipinski definition) is 7. The van der Waals surface area contributed by atoms with Crippen LogP contribution in [0.4, 0.5) is 0 Å². The van der Waals surface area contributed by atoms with Crippen LogP contribution in [0.5, 0.6) is 0 Å². The monoisotopic (exact) mass is 389 g/mol. The van der Waals surface area contributed by atoms with Gasteiger partial charge in [-0.3, -0.25) is 19.2 Å². The van der Waals surface area contributed by atoms with Crippen LogP contribution in [0.2, 0.25) is 0 Å². The highest BCUT2D eigenvalue weighted by Gasteiger charge is 2.29. The van der Waals surface area contributed by atoms with Gasteiger partial charge in [0.1, 0.15) is 12.1 Å². The zero-order valence-corrected chi connectivity index (χ0v) is 15.4. The molecule has 0 aromatic carbocycles. The highest BCUT2D eigenvalue weighted by atomic mass is 16.4. The number of aliphatic hydroxyl groups excluding tert-OH is 1. The van der Waals surface area contributed by atoms with Crippen molar-refractivity contribution < 1.29 is 34.2 Å². The van der Waals surface area contributed by atoms with Crippen molar-refractivity contribution >= 4 is 29.6 Å². The maximum absolute atomic E-state index is 12.1. The third kappa shape index (κ3) is 8.96. The number of hydrogen-bond acceptors (Lipinski definition) is 7. The predicted molar refractivity (Wildman–Crippen MR) is 92.8 cm³/mol. The number of primary amides is 1. The number of amides is 4. The van der Waals surface area contributed by atoms with Gasteiger partial charge < -0.3 is 37.6 Å². The molecule has 4 amide bonds. The fourth-order valence-corrected chi connectivity index (χ4v) is 1.99. The second-order valence-electron chi connectivity index (χ2n) is 6.35. The van der Waals surface area contributed by atoms with Crippen molar-refractivity contribution in [3.05, 3.63) is 0 Å². The Morgan fingerprint density at radius 1 is 0.963 bits per heavy atom. The Labute approximate surface area is 156 Å². The van der Waals surface area contributed by atoms with Crippen LogP contribution in [0, 0.1) is 5.92 Å². The smallest absolute Gasteiger partial charge is 0.326 e. The number of carbonyl (C=O) groups is 5. The summed E-state index contributed by atoms with van der Waals surface area (Å²) in [6, 6.07) is -3.87. The average molecular weight is 389 g/mol. The molecule has 0 rings (SSSR count). The topological polar surface area (TPSA) is 214 Å². The fourth-order valence-electron chi connectivity index (χ4n) is 1.99. The van der Waals surface area contributed by atoms with Gasteiger partial charge in [0.15, 0.2) is 0 Å². The lowest BCUT2D eigenvalue weighted by Crippen LogP contribution is -2.57. The van der Waals surface area contributed by atoms with Gasteiger partial charge in [0, 0.05) is 0 Å². The summed E-state index contributed by atoms with van der Waals surface area (Å²) in [5.41, 5.74) is 10.4. The van der Waals surface area contributed by atoms with Crippen molar-refractivity contribution in [3.8, 4) is 0 Å². The molecule has 0 saturated heterocycles. The summed E-state index contributed by atoms with van der Waals surface area (Å²) in [6.07, 6.45) is -1.78. The largest absolute Gasteiger partial charge is 0.480 e. The van der Waals surface area contributed by atoms with E-state index in [0.29, 0.717) is 0 Å². The Kier molecular flexibility index (Phi) is 9.96. The van der Waals surface area contributed by atoms with Crippen molar-refractivity contribution in [3.63, 3.8) is 0 Å². The minimum absolute atomic E-state index is 0.376. The van der Waals surface area contributed by atoms with Crippen molar-refractivity contribution in [2.45, 2.75) is 51.4 Å². The van der Waals surface area contributed by atoms with Crippen molar-refractivity contribution in [1.29, 1.82) is 0 Å². The number of carboxylic acid groups (broad SMARTS) is 1. The minimum atomic E-state index is -1.44. The van der Waals surface area contributed by atoms with E-state index >= 15 is 0 Å². The van der Waals surface area contributed by atoms with E-state index in [1.807, 2.05) is 0 Å². The van der Waals surface area contributed by atoms with Crippen LogP contribution in [0.25, 0.3) is 0 Å². The normalized spacial score (nSPS) is 15.2. The van der Waals surface area contributed by atoms with Crippen molar-refractivity contribution in [1.82, 2.24) is 16.0 Å². The van der Waals surface area contributed by atoms with Crippen LogP contribution in [-0.4, -0.2) is 70.6 Å². The van der Waals surface area contributed by atoms with Gasteiger partial charge in [0.05, 0.1) is 25.1 Å². The van der Waals surface area contributed by atoms with Crippen LogP contribution in [0.3, 0.4) is 0 Å². The Hall–Kier alpha value is -2.73. The van der Waals surface area contributed by atoms with Gasteiger partial charge in [-0.2, -0.15) is 0 Å². The molecular formula is C15H27N5O7. The molecule has 0 radical (unpaired) electrons. The van der Waals surface area contributed by atoms with E-state index in [1.54, 1.807) is 13.8 Å². The number of carbonyl (C=O) groups excluding carboxylic acids is 4. The van der Waals surface area contributed by atoms with Gasteiger partial charge >= 0.3 is 5.97 Å². The molecule has 0 aliphatic carbocycles. The fraction of sp³-hybridized carbons (Fsp3) is 0.667. The molecule has 4 atom stereocenters. The van der Waals surface area contributed by atoms with Crippen LogP contribution in [0.1, 0.15) is 27.2 Å². The van der Waals surface area contributed by atoms with Crippen molar-refractivity contribution in [2.75, 3.05) is 6.54 Å². The molecule has 0 bridgehead atoms. The number of nitrogens with two attached hydrogens (primary N) is 2. The third-order valence-corrected chi connectivity index (χ3v) is 3.49. The molecule has 0 aromatic rings. The number of aliphatic carboxylic acids is 1. The zero-order valence-electron chi connectivity index (χ0n) is 15.4. The van der Waals surface area contributed by atoms with Crippen LogP contribution < -0.4 is 27.4 Å². The van der Waals surface area contributed by atoms with E-state index in [2.05, 4.69) is 16.0 Å². The molecule has 0 saturated carbocycles. The summed E-state index contributed by atoms with van der Waals surface area (Å²) in [6.45, 7) is 3.86. The quantitative estimate of drug-likeness (QED) is 0.187. The van der Waals surface area contributed by atoms with E-state index in [4.69, 9.17) is 16.6 Å². The van der Waals surface area contributed by atoms with Crippen molar-refractivity contribution in [2.24, 2.45) is 17.4 Å². The van der Waals surface area contributed by atoms with Gasteiger partial charge in [0.25, 0.3) is 0 Å². The lowest BCUT2D eigenvalue weighted by Gasteiger charge is -2.23. The molecule has 27 heavy (non-hydrogen) atoms. The summed E-state index contributed by atoms with van der Waals surface area (Å²) in [4.78, 5) is 57.6. The number of nitrogens with one attached hydrogen (secondary N) is 3. The van der Waals surface area contributed by atoms with E-state index in [1.165, 1.54) is 6.92 Å². The van der Waals surface area contributed by atoms with Gasteiger partial charge in [-0.25, -0.2) is 4.79 Å². The standard InChI is InChI=1S/C15H27N5O7/c1-6(2)11(15(26)27)19-10(23)5-18-14(25)12(7(3)21)20-13(24)8(16)4-9(17)22/h6-8,11-12,21H,4-5,16H2,1-3H3,(H2,17,22)(H,18,25)(H,19,23)(H,20,24)(H,26,27). The number of aliphatic hydroxyl groups is 1. The highest BCUT2D eigenvalue weighted by molar-refractivity contribution is 5.94. The molecule has 154 valence electrons. The van der Waals surface area contributed by atoms with Crippen LogP contribution in [-0.2, 0) is 24.0 Å². The molecule has 0 aliphatic heterocycles. The first-order valence-electron chi connectivity index (χ1n) is 8.19. The Morgan fingerprint density at radius 2 is 1.52 bits per heavy atom. The lowest BCUT2D eigenvalue weighted by molar-refractivity contribution is -0.143. The van der Waals surface area contributed by atoms with E-state index < -0.39 is 66.8 Å². The van der Waals surface area contributed by atoms with Crippen LogP contribution >= 0.6 is 0 Å². The van der Waals surface area contributed by atoms with Gasteiger partial charge in [0.2, 0.25) is 23.6 Å². The van der Waals surface area contributed by atoms with Gasteiger partial charge in [-0.1, -0.05) is 13.8 Å². The summed E-state index contributed by atoms with van der Waals surface area (Å²) in [7, 11) is 0. The summed E-state index contributed by atoms with van der Waals surface area (Å²) >= 11 is 0. The summed E-state index contributed by atoms with van der Waals surface area (Å²) < 4.78 is 0. The second-order valence-corrected chi connectivity index (χ2v) is 6.35. The Balaban J connectivity index is 4.77. The number of carboxylic acids is 1. The van der Waals surface area contributed by atoms with E-state index in [0.717, 1.165) is 0 Å². The molecular weight excluding hydrogens is 362 g/mol. The molecule has 12 heteroatoms. The van der Waals surface area contributed by atoms with E-state index in [9.17, 15) is 29.1 Å². The zero-order chi connectivity index (χ0) is 21.3. The maximum atomic E-state index is 12.1. The first kappa shape index (κ1) is 24.3. The summed E-state index contributed by atoms with van der Waals surface area (Å²) in [5.74, 6) is -4.95. The molecule has 0 fully saturated rings. The minimum Gasteiger partial charge on any atom is -0.480 e. The highest BCUT2D eigenvalue weighted by Crippen LogP contribution is 2.01. The molecule has 0 aliphatic rings. The molecule has 0 spiro atoms. The van der Waals surface area contributed by atoms with Gasteiger partial charge in [-0.15, -0.1) is 0 Å². The average Bonchev–Trinajstić information content (AvgIpc) is 2.53. The van der Waals surface area contributed by atoms with Crippen LogP contribution in [0.15, 0.2) is 0 Å². The second kappa shape index (κ2) is 11.1. The summed E-state index contributed by atoms with van der Waals surface area (Å²) in [5, 5.41) is 25.3. The Bertz CT molecular complexity index is 579. The van der Waals surface area contributed by atoms with E-state index in [-0.39, 0.29) is 5.92 Å². The number of rotatable bonds is 11. The lowest BCUT2D eigenvalue weighted by atomic mass is 10.0. The maximum Gasteiger partial charge on any atom is 0.326 e. The molecule has 0 heterocycles.